The second-order valence-corrected chi connectivity index (χ2v) is 6.69. The molecule has 126 valence electrons. The average molecular weight is 337 g/mol. The number of carbonyl (C=O) groups is 1. The Balaban J connectivity index is 1.90. The van der Waals surface area contributed by atoms with Crippen molar-refractivity contribution in [3.8, 4) is 0 Å². The molecule has 3 heterocycles. The molecule has 2 aliphatic rings. The van der Waals surface area contributed by atoms with E-state index in [2.05, 4.69) is 20.1 Å². The number of thioether (sulfide) groups is 1. The summed E-state index contributed by atoms with van der Waals surface area (Å²) in [7, 11) is 0. The van der Waals surface area contributed by atoms with Crippen LogP contribution >= 0.6 is 11.8 Å². The lowest BCUT2D eigenvalue weighted by molar-refractivity contribution is 0.0526. The van der Waals surface area contributed by atoms with Gasteiger partial charge in [0.15, 0.2) is 0 Å². The number of nitrogens with zero attached hydrogens (tertiary/aromatic N) is 4. The lowest BCUT2D eigenvalue weighted by Gasteiger charge is -2.31. The van der Waals surface area contributed by atoms with E-state index < -0.39 is 0 Å². The molecule has 0 aromatic carbocycles. The van der Waals surface area contributed by atoms with E-state index in [0.29, 0.717) is 23.9 Å². The zero-order valence-electron chi connectivity index (χ0n) is 13.5. The molecule has 0 radical (unpaired) electrons. The van der Waals surface area contributed by atoms with Crippen LogP contribution < -0.4 is 15.1 Å². The van der Waals surface area contributed by atoms with Gasteiger partial charge in [0.05, 0.1) is 6.61 Å². The number of nitrogens with one attached hydrogen (secondary N) is 1. The van der Waals surface area contributed by atoms with Gasteiger partial charge in [0, 0.05) is 57.0 Å². The van der Waals surface area contributed by atoms with Crippen molar-refractivity contribution in [1.29, 1.82) is 0 Å². The number of hydrogen-bond acceptors (Lipinski definition) is 8. The summed E-state index contributed by atoms with van der Waals surface area (Å²) in [4.78, 5) is 25.7. The van der Waals surface area contributed by atoms with Gasteiger partial charge < -0.3 is 19.9 Å². The number of rotatable bonds is 4. The molecule has 2 saturated heterocycles. The minimum atomic E-state index is -0.346. The Morgan fingerprint density at radius 3 is 2.70 bits per heavy atom. The highest BCUT2D eigenvalue weighted by Crippen LogP contribution is 2.23. The first-order valence-corrected chi connectivity index (χ1v) is 9.27. The first-order chi connectivity index (χ1) is 11.3. The van der Waals surface area contributed by atoms with Crippen LogP contribution in [0.5, 0.6) is 0 Å². The zero-order chi connectivity index (χ0) is 16.1. The number of piperazine rings is 1. The SMILES string of the molecule is CCOC(=O)c1cnc(N2CCSCC2)nc1N1CCNCC1. The molecular formula is C15H23N5O2S. The third-order valence-corrected chi connectivity index (χ3v) is 4.90. The van der Waals surface area contributed by atoms with Crippen LogP contribution in [0.15, 0.2) is 6.20 Å². The summed E-state index contributed by atoms with van der Waals surface area (Å²) in [6.07, 6.45) is 1.62. The molecule has 3 rings (SSSR count). The molecule has 0 atom stereocenters. The van der Waals surface area contributed by atoms with Gasteiger partial charge in [-0.05, 0) is 6.92 Å². The van der Waals surface area contributed by atoms with Gasteiger partial charge in [0.25, 0.3) is 0 Å². The third kappa shape index (κ3) is 3.87. The summed E-state index contributed by atoms with van der Waals surface area (Å²) in [5.41, 5.74) is 0.462. The van der Waals surface area contributed by atoms with Crippen LogP contribution in [0.4, 0.5) is 11.8 Å². The van der Waals surface area contributed by atoms with Crippen molar-refractivity contribution < 1.29 is 9.53 Å². The lowest BCUT2D eigenvalue weighted by atomic mass is 10.2. The third-order valence-electron chi connectivity index (χ3n) is 3.96. The van der Waals surface area contributed by atoms with Gasteiger partial charge in [0.1, 0.15) is 11.4 Å². The van der Waals surface area contributed by atoms with E-state index in [-0.39, 0.29) is 5.97 Å². The van der Waals surface area contributed by atoms with E-state index in [1.54, 1.807) is 6.20 Å². The minimum Gasteiger partial charge on any atom is -0.462 e. The molecule has 0 aliphatic carbocycles. The highest BCUT2D eigenvalue weighted by Gasteiger charge is 2.24. The topological polar surface area (TPSA) is 70.6 Å². The average Bonchev–Trinajstić information content (AvgIpc) is 2.63. The summed E-state index contributed by atoms with van der Waals surface area (Å²) in [6, 6.07) is 0. The van der Waals surface area contributed by atoms with Crippen LogP contribution in [0.3, 0.4) is 0 Å². The number of aromatic nitrogens is 2. The smallest absolute Gasteiger partial charge is 0.343 e. The predicted molar refractivity (Wildman–Crippen MR) is 92.6 cm³/mol. The molecule has 0 amide bonds. The van der Waals surface area contributed by atoms with Crippen LogP contribution in [0.25, 0.3) is 0 Å². The molecule has 1 aromatic heterocycles. The van der Waals surface area contributed by atoms with Crippen molar-refractivity contribution in [2.75, 3.05) is 67.2 Å². The number of carbonyl (C=O) groups excluding carboxylic acids is 1. The largest absolute Gasteiger partial charge is 0.462 e. The quantitative estimate of drug-likeness (QED) is 0.802. The molecule has 0 bridgehead atoms. The van der Waals surface area contributed by atoms with Crippen LogP contribution in [0.2, 0.25) is 0 Å². The van der Waals surface area contributed by atoms with E-state index in [4.69, 9.17) is 9.72 Å². The second-order valence-electron chi connectivity index (χ2n) is 5.46. The van der Waals surface area contributed by atoms with Gasteiger partial charge in [-0.15, -0.1) is 0 Å². The first-order valence-electron chi connectivity index (χ1n) is 8.12. The van der Waals surface area contributed by atoms with E-state index in [1.807, 2.05) is 18.7 Å². The normalized spacial score (nSPS) is 18.8. The molecule has 0 spiro atoms. The fourth-order valence-corrected chi connectivity index (χ4v) is 3.65. The lowest BCUT2D eigenvalue weighted by Crippen LogP contribution is -2.45. The van der Waals surface area contributed by atoms with E-state index in [0.717, 1.165) is 50.8 Å². The van der Waals surface area contributed by atoms with Crippen LogP contribution in [-0.4, -0.2) is 73.3 Å². The first kappa shape index (κ1) is 16.3. The number of anilines is 2. The van der Waals surface area contributed by atoms with Crippen molar-refractivity contribution in [1.82, 2.24) is 15.3 Å². The summed E-state index contributed by atoms with van der Waals surface area (Å²) >= 11 is 1.95. The molecule has 2 fully saturated rings. The van der Waals surface area contributed by atoms with E-state index in [1.165, 1.54) is 0 Å². The highest BCUT2D eigenvalue weighted by molar-refractivity contribution is 7.99. The van der Waals surface area contributed by atoms with Crippen molar-refractivity contribution >= 4 is 29.5 Å². The maximum Gasteiger partial charge on any atom is 0.343 e. The molecule has 2 aliphatic heterocycles. The number of hydrogen-bond donors (Lipinski definition) is 1. The standard InChI is InChI=1S/C15H23N5O2S/c1-2-22-14(21)12-11-17-15(20-7-9-23-10-8-20)18-13(12)19-5-3-16-4-6-19/h11,16H,2-10H2,1H3. The second kappa shape index (κ2) is 7.83. The fourth-order valence-electron chi connectivity index (χ4n) is 2.75. The monoisotopic (exact) mass is 337 g/mol. The molecule has 8 heteroatoms. The van der Waals surface area contributed by atoms with Crippen LogP contribution in [-0.2, 0) is 4.74 Å². The van der Waals surface area contributed by atoms with Crippen molar-refractivity contribution in [3.63, 3.8) is 0 Å². The van der Waals surface area contributed by atoms with Crippen LogP contribution in [0, 0.1) is 0 Å². The maximum absolute atomic E-state index is 12.2. The molecule has 0 saturated carbocycles. The summed E-state index contributed by atoms with van der Waals surface area (Å²) in [5, 5.41) is 3.32. The van der Waals surface area contributed by atoms with Crippen molar-refractivity contribution in [2.45, 2.75) is 6.92 Å². The maximum atomic E-state index is 12.2. The Kier molecular flexibility index (Phi) is 5.56. The van der Waals surface area contributed by atoms with E-state index in [9.17, 15) is 4.79 Å². The van der Waals surface area contributed by atoms with Crippen molar-refractivity contribution in [2.24, 2.45) is 0 Å². The summed E-state index contributed by atoms with van der Waals surface area (Å²) < 4.78 is 5.17. The predicted octanol–water partition coefficient (Wildman–Crippen LogP) is 0.616. The Morgan fingerprint density at radius 2 is 2.00 bits per heavy atom. The minimum absolute atomic E-state index is 0.346. The molecule has 0 unspecified atom stereocenters. The van der Waals surface area contributed by atoms with Gasteiger partial charge in [-0.2, -0.15) is 16.7 Å². The molecule has 1 N–H and O–H groups in total. The summed E-state index contributed by atoms with van der Waals surface area (Å²) in [5.74, 6) is 3.25. The van der Waals surface area contributed by atoms with Crippen LogP contribution in [0.1, 0.15) is 17.3 Å². The zero-order valence-corrected chi connectivity index (χ0v) is 14.3. The molecule has 1 aromatic rings. The van der Waals surface area contributed by atoms with Gasteiger partial charge >= 0.3 is 5.97 Å². The molecular weight excluding hydrogens is 314 g/mol. The molecule has 7 nitrogen and oxygen atoms in total. The highest BCUT2D eigenvalue weighted by atomic mass is 32.2. The Morgan fingerprint density at radius 1 is 1.26 bits per heavy atom. The van der Waals surface area contributed by atoms with Gasteiger partial charge in [-0.3, -0.25) is 0 Å². The van der Waals surface area contributed by atoms with E-state index >= 15 is 0 Å². The number of ether oxygens (including phenoxy) is 1. The van der Waals surface area contributed by atoms with Gasteiger partial charge in [-0.1, -0.05) is 0 Å². The Labute approximate surface area is 140 Å². The Bertz CT molecular complexity index is 545. The number of esters is 1. The fraction of sp³-hybridized carbons (Fsp3) is 0.667. The molecule has 23 heavy (non-hydrogen) atoms. The van der Waals surface area contributed by atoms with Gasteiger partial charge in [-0.25, -0.2) is 9.78 Å². The Hall–Kier alpha value is -1.54. The van der Waals surface area contributed by atoms with Crippen molar-refractivity contribution in [3.05, 3.63) is 11.8 Å². The van der Waals surface area contributed by atoms with Gasteiger partial charge in [0.2, 0.25) is 5.95 Å². The summed E-state index contributed by atoms with van der Waals surface area (Å²) in [6.45, 7) is 7.50.